The molecule has 18 heavy (non-hydrogen) atoms. The summed E-state index contributed by atoms with van der Waals surface area (Å²) in [4.78, 5) is 13.4. The maximum atomic E-state index is 11.8. The summed E-state index contributed by atoms with van der Waals surface area (Å²) in [5, 5.41) is 10.4. The molecular weight excluding hydrogens is 234 g/mol. The maximum Gasteiger partial charge on any atom is 0.323 e. The lowest BCUT2D eigenvalue weighted by Crippen LogP contribution is -2.30. The quantitative estimate of drug-likeness (QED) is 0.891. The summed E-state index contributed by atoms with van der Waals surface area (Å²) in [5.74, 6) is 1.07. The SMILES string of the molecule is Cc1cc(NC(=O)N(C)Cc2cnn(C)c2)no1. The lowest BCUT2D eigenvalue weighted by Gasteiger charge is -2.15. The van der Waals surface area contributed by atoms with Gasteiger partial charge in [-0.3, -0.25) is 10.00 Å². The number of aryl methyl sites for hydroxylation is 2. The molecule has 0 fully saturated rings. The van der Waals surface area contributed by atoms with Gasteiger partial charge in [-0.05, 0) is 6.92 Å². The Morgan fingerprint density at radius 2 is 2.39 bits per heavy atom. The average Bonchev–Trinajstić information content (AvgIpc) is 2.88. The van der Waals surface area contributed by atoms with Crippen LogP contribution in [-0.4, -0.2) is 32.9 Å². The first-order valence-electron chi connectivity index (χ1n) is 5.47. The predicted octanol–water partition coefficient (Wildman–Crippen LogP) is 1.38. The summed E-state index contributed by atoms with van der Waals surface area (Å²) in [6, 6.07) is 1.42. The number of hydrogen-bond donors (Lipinski definition) is 1. The third-order valence-electron chi connectivity index (χ3n) is 2.39. The number of anilines is 1. The van der Waals surface area contributed by atoms with Crippen LogP contribution in [0.1, 0.15) is 11.3 Å². The minimum atomic E-state index is -0.243. The summed E-state index contributed by atoms with van der Waals surface area (Å²) in [5.41, 5.74) is 0.964. The van der Waals surface area contributed by atoms with Gasteiger partial charge in [0.05, 0.1) is 12.7 Å². The van der Waals surface area contributed by atoms with Crippen LogP contribution in [0, 0.1) is 6.92 Å². The van der Waals surface area contributed by atoms with Crippen LogP contribution in [0.5, 0.6) is 0 Å². The molecule has 2 aromatic heterocycles. The molecule has 0 saturated heterocycles. The van der Waals surface area contributed by atoms with Gasteiger partial charge in [0.25, 0.3) is 0 Å². The number of carbonyl (C=O) groups is 1. The van der Waals surface area contributed by atoms with Crippen LogP contribution in [0.15, 0.2) is 23.0 Å². The molecule has 0 saturated carbocycles. The van der Waals surface area contributed by atoms with Gasteiger partial charge in [-0.25, -0.2) is 4.79 Å². The zero-order valence-electron chi connectivity index (χ0n) is 10.5. The molecule has 2 aromatic rings. The van der Waals surface area contributed by atoms with Crippen molar-refractivity contribution >= 4 is 11.8 Å². The van der Waals surface area contributed by atoms with E-state index in [1.165, 1.54) is 0 Å². The Morgan fingerprint density at radius 3 is 2.94 bits per heavy atom. The van der Waals surface area contributed by atoms with E-state index in [1.807, 2.05) is 13.2 Å². The van der Waals surface area contributed by atoms with Gasteiger partial charge in [-0.1, -0.05) is 5.16 Å². The Morgan fingerprint density at radius 1 is 1.61 bits per heavy atom. The monoisotopic (exact) mass is 249 g/mol. The lowest BCUT2D eigenvalue weighted by molar-refractivity contribution is 0.220. The Labute approximate surface area is 104 Å². The van der Waals surface area contributed by atoms with Gasteiger partial charge in [0.1, 0.15) is 5.76 Å². The van der Waals surface area contributed by atoms with Crippen molar-refractivity contribution in [3.05, 3.63) is 29.8 Å². The van der Waals surface area contributed by atoms with E-state index in [2.05, 4.69) is 15.6 Å². The van der Waals surface area contributed by atoms with E-state index >= 15 is 0 Å². The largest absolute Gasteiger partial charge is 0.360 e. The highest BCUT2D eigenvalue weighted by Gasteiger charge is 2.12. The van der Waals surface area contributed by atoms with Crippen molar-refractivity contribution in [3.8, 4) is 0 Å². The topological polar surface area (TPSA) is 76.2 Å². The van der Waals surface area contributed by atoms with Crippen molar-refractivity contribution in [1.82, 2.24) is 19.8 Å². The fourth-order valence-electron chi connectivity index (χ4n) is 1.53. The second kappa shape index (κ2) is 4.91. The molecule has 2 heterocycles. The van der Waals surface area contributed by atoms with Crippen molar-refractivity contribution in [3.63, 3.8) is 0 Å². The van der Waals surface area contributed by atoms with E-state index in [0.29, 0.717) is 18.1 Å². The number of urea groups is 1. The first-order valence-corrected chi connectivity index (χ1v) is 5.47. The molecule has 0 bridgehead atoms. The minimum absolute atomic E-state index is 0.243. The van der Waals surface area contributed by atoms with Crippen molar-refractivity contribution in [2.45, 2.75) is 13.5 Å². The van der Waals surface area contributed by atoms with Gasteiger partial charge in [0.2, 0.25) is 0 Å². The second-order valence-electron chi connectivity index (χ2n) is 4.13. The summed E-state index contributed by atoms with van der Waals surface area (Å²) in [7, 11) is 3.54. The van der Waals surface area contributed by atoms with Gasteiger partial charge in [-0.2, -0.15) is 5.10 Å². The molecule has 7 nitrogen and oxygen atoms in total. The predicted molar refractivity (Wildman–Crippen MR) is 64.9 cm³/mol. The molecule has 0 aliphatic carbocycles. The molecule has 0 aliphatic rings. The number of hydrogen-bond acceptors (Lipinski definition) is 4. The van der Waals surface area contributed by atoms with Crippen molar-refractivity contribution in [1.29, 1.82) is 0 Å². The van der Waals surface area contributed by atoms with Gasteiger partial charge in [0, 0.05) is 31.9 Å². The first kappa shape index (κ1) is 12.2. The standard InChI is InChI=1S/C11H15N5O2/c1-8-4-10(14-18-8)13-11(17)15(2)6-9-5-12-16(3)7-9/h4-5,7H,6H2,1-3H3,(H,13,14,17). The zero-order chi connectivity index (χ0) is 13.1. The molecule has 2 rings (SSSR count). The number of rotatable bonds is 3. The van der Waals surface area contributed by atoms with Gasteiger partial charge in [-0.15, -0.1) is 0 Å². The van der Waals surface area contributed by atoms with Crippen molar-refractivity contribution < 1.29 is 9.32 Å². The summed E-state index contributed by atoms with van der Waals surface area (Å²) in [6.07, 6.45) is 3.59. The van der Waals surface area contributed by atoms with Crippen LogP contribution in [-0.2, 0) is 13.6 Å². The molecule has 0 unspecified atom stereocenters. The van der Waals surface area contributed by atoms with E-state index in [4.69, 9.17) is 4.52 Å². The molecular formula is C11H15N5O2. The van der Waals surface area contributed by atoms with E-state index in [-0.39, 0.29) is 6.03 Å². The normalized spacial score (nSPS) is 10.4. The van der Waals surface area contributed by atoms with Gasteiger partial charge < -0.3 is 9.42 Å². The van der Waals surface area contributed by atoms with E-state index in [0.717, 1.165) is 5.56 Å². The second-order valence-corrected chi connectivity index (χ2v) is 4.13. The molecule has 0 atom stereocenters. The summed E-state index contributed by atoms with van der Waals surface area (Å²) >= 11 is 0. The van der Waals surface area contributed by atoms with Crippen LogP contribution in [0.2, 0.25) is 0 Å². The number of carbonyl (C=O) groups excluding carboxylic acids is 1. The fourth-order valence-corrected chi connectivity index (χ4v) is 1.53. The number of aromatic nitrogens is 3. The van der Waals surface area contributed by atoms with Crippen LogP contribution in [0.3, 0.4) is 0 Å². The molecule has 0 spiro atoms. The third kappa shape index (κ3) is 2.88. The van der Waals surface area contributed by atoms with E-state index in [9.17, 15) is 4.79 Å². The van der Waals surface area contributed by atoms with Crippen LogP contribution in [0.4, 0.5) is 10.6 Å². The first-order chi connectivity index (χ1) is 8.54. The Bertz CT molecular complexity index is 545. The number of nitrogens with zero attached hydrogens (tertiary/aromatic N) is 4. The zero-order valence-corrected chi connectivity index (χ0v) is 10.5. The average molecular weight is 249 g/mol. The Balaban J connectivity index is 1.92. The molecule has 0 aliphatic heterocycles. The van der Waals surface area contributed by atoms with E-state index < -0.39 is 0 Å². The molecule has 0 radical (unpaired) electrons. The minimum Gasteiger partial charge on any atom is -0.360 e. The van der Waals surface area contributed by atoms with Crippen LogP contribution < -0.4 is 5.32 Å². The fraction of sp³-hybridized carbons (Fsp3) is 0.364. The maximum absolute atomic E-state index is 11.8. The highest BCUT2D eigenvalue weighted by molar-refractivity contribution is 5.87. The number of amides is 2. The highest BCUT2D eigenvalue weighted by Crippen LogP contribution is 2.09. The van der Waals surface area contributed by atoms with Gasteiger partial charge in [0.15, 0.2) is 5.82 Å². The van der Waals surface area contributed by atoms with Gasteiger partial charge >= 0.3 is 6.03 Å². The molecule has 0 aromatic carbocycles. The molecule has 2 amide bonds. The van der Waals surface area contributed by atoms with Crippen LogP contribution in [0.25, 0.3) is 0 Å². The molecule has 1 N–H and O–H groups in total. The smallest absolute Gasteiger partial charge is 0.323 e. The Kier molecular flexibility index (Phi) is 3.31. The third-order valence-corrected chi connectivity index (χ3v) is 2.39. The molecule has 7 heteroatoms. The van der Waals surface area contributed by atoms with Crippen molar-refractivity contribution in [2.24, 2.45) is 7.05 Å². The summed E-state index contributed by atoms with van der Waals surface area (Å²) in [6.45, 7) is 2.25. The Hall–Kier alpha value is -2.31. The highest BCUT2D eigenvalue weighted by atomic mass is 16.5. The van der Waals surface area contributed by atoms with Crippen molar-refractivity contribution in [2.75, 3.05) is 12.4 Å². The lowest BCUT2D eigenvalue weighted by atomic mass is 10.3. The summed E-state index contributed by atoms with van der Waals surface area (Å²) < 4.78 is 6.57. The molecule has 96 valence electrons. The van der Waals surface area contributed by atoms with E-state index in [1.54, 1.807) is 35.8 Å². The van der Waals surface area contributed by atoms with Crippen LogP contribution >= 0.6 is 0 Å². The number of nitrogens with one attached hydrogen (secondary N) is 1.